The molecule has 200 valence electrons. The molecule has 1 N–H and O–H groups in total. The van der Waals surface area contributed by atoms with Crippen molar-refractivity contribution in [2.24, 2.45) is 0 Å². The summed E-state index contributed by atoms with van der Waals surface area (Å²) in [4.78, 5) is 12.5. The zero-order chi connectivity index (χ0) is 26.8. The van der Waals surface area contributed by atoms with Crippen molar-refractivity contribution in [3.8, 4) is 0 Å². The van der Waals surface area contributed by atoms with Gasteiger partial charge >= 0.3 is 6.09 Å². The molecule has 35 heavy (non-hydrogen) atoms. The van der Waals surface area contributed by atoms with E-state index in [0.717, 1.165) is 26.4 Å². The molecular weight excluding hydrogens is 708 g/mol. The fourth-order valence-corrected chi connectivity index (χ4v) is 11.7. The molecule has 0 saturated carbocycles. The average molecular weight is 750 g/mol. The van der Waals surface area contributed by atoms with Gasteiger partial charge in [0.2, 0.25) is 0 Å². The summed E-state index contributed by atoms with van der Waals surface area (Å²) in [6.07, 6.45) is 2.69. The summed E-state index contributed by atoms with van der Waals surface area (Å²) in [7, 11) is -5.89. The third kappa shape index (κ3) is 10.2. The highest BCUT2D eigenvalue weighted by atomic mass is 127. The summed E-state index contributed by atoms with van der Waals surface area (Å²) >= 11 is 4.46. The topological polar surface area (TPSA) is 81.7 Å². The number of unbranched alkanes of at least 4 members (excludes halogenated alkanes) is 1. The lowest BCUT2D eigenvalue weighted by molar-refractivity contribution is 0.118. The largest absolute Gasteiger partial charge is 0.441 e. The lowest BCUT2D eigenvalue weighted by atomic mass is 10.1. The molecule has 1 rings (SSSR count). The van der Waals surface area contributed by atoms with Crippen LogP contribution in [0.25, 0.3) is 0 Å². The van der Waals surface area contributed by atoms with Crippen molar-refractivity contribution >= 4 is 69.6 Å². The Morgan fingerprint density at radius 3 is 2.06 bits per heavy atom. The van der Waals surface area contributed by atoms with Crippen LogP contribution in [0.3, 0.4) is 0 Å². The van der Waals surface area contributed by atoms with Gasteiger partial charge in [0.25, 0.3) is 10.0 Å². The van der Waals surface area contributed by atoms with Gasteiger partial charge < -0.3 is 9.16 Å². The van der Waals surface area contributed by atoms with Crippen LogP contribution < -0.4 is 4.72 Å². The maximum Gasteiger partial charge on any atom is 0.421 e. The van der Waals surface area contributed by atoms with Crippen LogP contribution in [0, 0.1) is 6.92 Å². The molecule has 0 aliphatic heterocycles. The minimum Gasteiger partial charge on any atom is -0.441 e. The van der Waals surface area contributed by atoms with Gasteiger partial charge in [-0.05, 0) is 83.6 Å². The van der Waals surface area contributed by atoms with Crippen molar-refractivity contribution in [3.05, 3.63) is 39.5 Å². The monoisotopic (exact) mass is 749 g/mol. The first kappa shape index (κ1) is 32.8. The molecule has 6 nitrogen and oxygen atoms in total. The number of hydrogen-bond donors (Lipinski definition) is 1. The summed E-state index contributed by atoms with van der Waals surface area (Å²) in [5.41, 5.74) is 2.53. The number of ether oxygens (including phenoxy) is 1. The summed E-state index contributed by atoms with van der Waals surface area (Å²) < 4.78 is 41.1. The molecule has 0 fully saturated rings. The predicted octanol–water partition coefficient (Wildman–Crippen LogP) is 7.89. The molecule has 1 amide bonds. The Morgan fingerprint density at radius 1 is 1.03 bits per heavy atom. The zero-order valence-electron chi connectivity index (χ0n) is 21.9. The van der Waals surface area contributed by atoms with Crippen LogP contribution in [0.4, 0.5) is 4.79 Å². The number of carbonyl (C=O) groups is 1. The maximum atomic E-state index is 12.5. The molecular formula is C25H41I2NO5SSi. The number of alkyl halides is 1. The van der Waals surface area contributed by atoms with Gasteiger partial charge in [0, 0.05) is 14.6 Å². The normalized spacial score (nSPS) is 14.0. The van der Waals surface area contributed by atoms with Gasteiger partial charge in [0.05, 0.1) is 4.90 Å². The van der Waals surface area contributed by atoms with E-state index in [9.17, 15) is 13.2 Å². The third-order valence-corrected chi connectivity index (χ3v) is 16.7. The van der Waals surface area contributed by atoms with E-state index in [4.69, 9.17) is 9.16 Å². The summed E-state index contributed by atoms with van der Waals surface area (Å²) in [6, 6.07) is 6.31. The van der Waals surface area contributed by atoms with Crippen LogP contribution >= 0.6 is 45.2 Å². The van der Waals surface area contributed by atoms with Gasteiger partial charge in [0.1, 0.15) is 6.10 Å². The molecule has 10 heteroatoms. The van der Waals surface area contributed by atoms with E-state index in [-0.39, 0.29) is 4.90 Å². The molecule has 0 saturated heterocycles. The van der Waals surface area contributed by atoms with Crippen LogP contribution in [-0.4, -0.2) is 40.0 Å². The van der Waals surface area contributed by atoms with Crippen LogP contribution in [0.15, 0.2) is 38.8 Å². The first-order valence-electron chi connectivity index (χ1n) is 12.1. The van der Waals surface area contributed by atoms with Gasteiger partial charge in [-0.1, -0.05) is 81.8 Å². The first-order valence-corrected chi connectivity index (χ1v) is 18.3. The number of amides is 1. The maximum absolute atomic E-state index is 12.5. The molecule has 1 atom stereocenters. The number of nitrogens with one attached hydrogen (secondary N) is 1. The molecule has 1 unspecified atom stereocenters. The Kier molecular flexibility index (Phi) is 14.3. The number of hydrogen-bond acceptors (Lipinski definition) is 5. The third-order valence-electron chi connectivity index (χ3n) is 6.24. The quantitative estimate of drug-likeness (QED) is 0.0906. The van der Waals surface area contributed by atoms with Gasteiger partial charge in [-0.15, -0.1) is 0 Å². The molecule has 1 aromatic carbocycles. The van der Waals surface area contributed by atoms with Gasteiger partial charge in [0.15, 0.2) is 8.32 Å². The second kappa shape index (κ2) is 15.3. The van der Waals surface area contributed by atoms with Crippen LogP contribution in [0.5, 0.6) is 0 Å². The molecule has 0 heterocycles. The molecule has 0 radical (unpaired) electrons. The first-order chi connectivity index (χ1) is 16.3. The van der Waals surface area contributed by atoms with Gasteiger partial charge in [-0.25, -0.2) is 17.9 Å². The number of carbonyl (C=O) groups excluding carboxylic acids is 1. The van der Waals surface area contributed by atoms with Gasteiger partial charge in [-0.2, -0.15) is 0 Å². The molecule has 0 aromatic heterocycles. The van der Waals surface area contributed by atoms with Crippen molar-refractivity contribution in [1.82, 2.24) is 4.72 Å². The Morgan fingerprint density at radius 2 is 1.57 bits per heavy atom. The van der Waals surface area contributed by atoms with Crippen LogP contribution in [0.2, 0.25) is 16.6 Å². The van der Waals surface area contributed by atoms with Crippen molar-refractivity contribution in [2.75, 3.05) is 11.0 Å². The van der Waals surface area contributed by atoms with E-state index < -0.39 is 30.5 Å². The number of benzene rings is 1. The van der Waals surface area contributed by atoms with E-state index in [0.29, 0.717) is 29.7 Å². The summed E-state index contributed by atoms with van der Waals surface area (Å²) in [5, 5.41) is 0. The standard InChI is InChI=1S/C25H41I2NO5SSi/c1-18(2)35(19(3)4,20(5)6)32-15-9-8-10-23(16-22(27)17-26)33-25(29)28-34(30,31)24-13-11-21(7)12-14-24/h11-14,16,18-20,23H,8-10,15,17H2,1-7H3,(H,28,29)/b22-16-. The van der Waals surface area contributed by atoms with Gasteiger partial charge in [-0.3, -0.25) is 0 Å². The molecule has 0 spiro atoms. The number of allylic oxidation sites excluding steroid dienone is 1. The number of halogens is 2. The van der Waals surface area contributed by atoms with Crippen LogP contribution in [-0.2, 0) is 19.2 Å². The van der Waals surface area contributed by atoms with E-state index in [1.54, 1.807) is 12.1 Å². The fourth-order valence-electron chi connectivity index (χ4n) is 4.67. The van der Waals surface area contributed by atoms with E-state index in [1.165, 1.54) is 12.1 Å². The summed E-state index contributed by atoms with van der Waals surface area (Å²) in [6.45, 7) is 16.2. The highest BCUT2D eigenvalue weighted by Crippen LogP contribution is 2.42. The molecule has 0 bridgehead atoms. The Labute approximate surface area is 240 Å². The Bertz CT molecular complexity index is 912. The fraction of sp³-hybridized carbons (Fsp3) is 0.640. The van der Waals surface area contributed by atoms with E-state index >= 15 is 0 Å². The summed E-state index contributed by atoms with van der Waals surface area (Å²) in [5.74, 6) is 0. The number of aryl methyl sites for hydroxylation is 1. The highest BCUT2D eigenvalue weighted by molar-refractivity contribution is 14.1. The minimum atomic E-state index is -3.99. The number of rotatable bonds is 14. The number of sulfonamides is 1. The van der Waals surface area contributed by atoms with E-state index in [1.807, 2.05) is 17.7 Å². The zero-order valence-corrected chi connectivity index (χ0v) is 28.1. The highest BCUT2D eigenvalue weighted by Gasteiger charge is 2.44. The Balaban J connectivity index is 2.75. The lowest BCUT2D eigenvalue weighted by Gasteiger charge is -2.42. The molecule has 0 aliphatic carbocycles. The SMILES string of the molecule is Cc1ccc(S(=O)(=O)NC(=O)OC(/C=C(\I)CI)CCCCO[Si](C(C)C)(C(C)C)C(C)C)cc1. The predicted molar refractivity (Wildman–Crippen MR) is 164 cm³/mol. The average Bonchev–Trinajstić information content (AvgIpc) is 2.74. The second-order valence-corrected chi connectivity index (χ2v) is 19.1. The molecule has 0 aliphatic rings. The molecule has 1 aromatic rings. The minimum absolute atomic E-state index is 0.0271. The smallest absolute Gasteiger partial charge is 0.421 e. The second-order valence-electron chi connectivity index (χ2n) is 9.77. The lowest BCUT2D eigenvalue weighted by Crippen LogP contribution is -2.47. The van der Waals surface area contributed by atoms with Crippen molar-refractivity contribution in [3.63, 3.8) is 0 Å². The van der Waals surface area contributed by atoms with Crippen molar-refractivity contribution in [2.45, 2.75) is 95.4 Å². The van der Waals surface area contributed by atoms with Crippen LogP contribution in [0.1, 0.15) is 66.4 Å². The van der Waals surface area contributed by atoms with E-state index in [2.05, 4.69) is 86.7 Å². The van der Waals surface area contributed by atoms with Crippen molar-refractivity contribution < 1.29 is 22.4 Å². The van der Waals surface area contributed by atoms with Crippen molar-refractivity contribution in [1.29, 1.82) is 0 Å². The Hall–Kier alpha value is -0.183.